The lowest BCUT2D eigenvalue weighted by molar-refractivity contribution is -0.184. The number of nitrogens with one attached hydrogen (secondary N) is 1. The molecule has 0 aromatic carbocycles. The Balaban J connectivity index is 1.23. The Morgan fingerprint density at radius 3 is 2.07 bits per heavy atom. The van der Waals surface area contributed by atoms with Crippen LogP contribution in [0.25, 0.3) is 0 Å². The molecule has 328 valence electrons. The molecule has 1 heterocycles. The van der Waals surface area contributed by atoms with E-state index in [1.165, 1.54) is 61.7 Å². The van der Waals surface area contributed by atoms with E-state index >= 15 is 0 Å². The number of esters is 2. The second-order valence-electron chi connectivity index (χ2n) is 22.0. The summed E-state index contributed by atoms with van der Waals surface area (Å²) in [5.74, 6) is 1.97. The van der Waals surface area contributed by atoms with Gasteiger partial charge in [0.25, 0.3) is 0 Å². The maximum absolute atomic E-state index is 13.5. The van der Waals surface area contributed by atoms with Crippen molar-refractivity contribution in [2.24, 2.45) is 50.7 Å². The SMILES string of the molecule is C=C(C)C1CCC2(NCCN3CCS(=O)(=O)CC3)CCC3(C)C(CCC(C4(C)CC=C(C5=CCC(C(=O)OC(C)C)(C(=O)OC(C)C)CC5)C(C)(C)C4)C3(C)CC)C12. The first kappa shape index (κ1) is 45.6. The Labute approximate surface area is 353 Å². The van der Waals surface area contributed by atoms with E-state index in [1.807, 2.05) is 27.7 Å². The fourth-order valence-electron chi connectivity index (χ4n) is 14.3. The molecule has 3 saturated carbocycles. The van der Waals surface area contributed by atoms with Crippen LogP contribution in [0.4, 0.5) is 0 Å². The van der Waals surface area contributed by atoms with Gasteiger partial charge >= 0.3 is 11.9 Å². The van der Waals surface area contributed by atoms with Crippen LogP contribution in [0.5, 0.6) is 0 Å². The molecule has 1 aliphatic heterocycles. The van der Waals surface area contributed by atoms with Crippen LogP contribution in [-0.2, 0) is 28.9 Å². The summed E-state index contributed by atoms with van der Waals surface area (Å²) in [5, 5.41) is 4.21. The molecule has 6 aliphatic rings. The number of carbonyl (C=O) groups is 2. The molecule has 58 heavy (non-hydrogen) atoms. The Bertz CT molecular complexity index is 1730. The van der Waals surface area contributed by atoms with Gasteiger partial charge in [-0.25, -0.2) is 8.42 Å². The van der Waals surface area contributed by atoms with E-state index in [0.29, 0.717) is 56.0 Å². The summed E-state index contributed by atoms with van der Waals surface area (Å²) in [6, 6.07) is 0. The minimum atomic E-state index is -2.88. The smallest absolute Gasteiger partial charge is 0.324 e. The highest BCUT2D eigenvalue weighted by molar-refractivity contribution is 7.91. The number of nitrogens with zero attached hydrogens (tertiary/aromatic N) is 1. The van der Waals surface area contributed by atoms with Gasteiger partial charge in [-0.05, 0) is 168 Å². The summed E-state index contributed by atoms with van der Waals surface area (Å²) < 4.78 is 35.5. The van der Waals surface area contributed by atoms with Gasteiger partial charge in [-0.2, -0.15) is 0 Å². The molecule has 8 unspecified atom stereocenters. The van der Waals surface area contributed by atoms with Crippen molar-refractivity contribution >= 4 is 21.8 Å². The average molecular weight is 825 g/mol. The molecule has 0 radical (unpaired) electrons. The van der Waals surface area contributed by atoms with Crippen molar-refractivity contribution in [1.82, 2.24) is 10.2 Å². The van der Waals surface area contributed by atoms with E-state index in [2.05, 4.69) is 77.4 Å². The Morgan fingerprint density at radius 1 is 0.897 bits per heavy atom. The third-order valence-corrected chi connectivity index (χ3v) is 19.0. The van der Waals surface area contributed by atoms with Gasteiger partial charge in [0.15, 0.2) is 15.3 Å². The standard InChI is InChI=1S/C49H80N2O6S/c1-13-46(11)40(45(10)20-19-38(44(8,9)32-45)36-16-21-48(22-17-36,42(52)56-34(4)5)43(53)57-35(6)7)15-14-39-41-37(33(2)3)18-23-49(41,25-24-47(39,46)12)50-26-27-51-28-30-58(54,55)31-29-51/h16,19,34-35,37,39-41,50H,2,13-15,17-18,20-32H2,1,3-12H3. The fraction of sp³-hybridized carbons (Fsp3) is 0.837. The number of rotatable bonds is 12. The molecule has 8 atom stereocenters. The summed E-state index contributed by atoms with van der Waals surface area (Å²) in [6.45, 7) is 32.6. The minimum absolute atomic E-state index is 0.0528. The molecule has 1 N–H and O–H groups in total. The number of carbonyl (C=O) groups excluding carboxylic acids is 2. The van der Waals surface area contributed by atoms with Crippen molar-refractivity contribution in [3.05, 3.63) is 35.5 Å². The second-order valence-corrected chi connectivity index (χ2v) is 24.3. The molecule has 0 amide bonds. The van der Waals surface area contributed by atoms with Crippen molar-refractivity contribution in [2.45, 2.75) is 171 Å². The first-order valence-electron chi connectivity index (χ1n) is 23.1. The molecule has 0 aromatic rings. The summed E-state index contributed by atoms with van der Waals surface area (Å²) >= 11 is 0. The molecule has 8 nitrogen and oxygen atoms in total. The van der Waals surface area contributed by atoms with Gasteiger partial charge in [-0.15, -0.1) is 0 Å². The van der Waals surface area contributed by atoms with Crippen LogP contribution in [0.1, 0.15) is 153 Å². The Morgan fingerprint density at radius 2 is 1.53 bits per heavy atom. The maximum atomic E-state index is 13.5. The number of hydrogen-bond donors (Lipinski definition) is 1. The van der Waals surface area contributed by atoms with Crippen LogP contribution >= 0.6 is 0 Å². The average Bonchev–Trinajstić information content (AvgIpc) is 3.52. The van der Waals surface area contributed by atoms with Crippen molar-refractivity contribution < 1.29 is 27.5 Å². The van der Waals surface area contributed by atoms with E-state index in [0.717, 1.165) is 25.9 Å². The van der Waals surface area contributed by atoms with Crippen molar-refractivity contribution in [3.63, 3.8) is 0 Å². The van der Waals surface area contributed by atoms with E-state index in [-0.39, 0.29) is 50.9 Å². The van der Waals surface area contributed by atoms with Crippen LogP contribution in [0.3, 0.4) is 0 Å². The first-order chi connectivity index (χ1) is 27.0. The Hall–Kier alpha value is -1.97. The number of allylic oxidation sites excluding steroid dienone is 5. The van der Waals surface area contributed by atoms with Crippen molar-refractivity contribution in [3.8, 4) is 0 Å². The highest BCUT2D eigenvalue weighted by atomic mass is 32.2. The van der Waals surface area contributed by atoms with Crippen molar-refractivity contribution in [2.75, 3.05) is 37.7 Å². The van der Waals surface area contributed by atoms with Gasteiger partial charge in [0.1, 0.15) is 0 Å². The second kappa shape index (κ2) is 16.4. The Kier molecular flexibility index (Phi) is 12.9. The van der Waals surface area contributed by atoms with Gasteiger partial charge in [-0.3, -0.25) is 9.59 Å². The van der Waals surface area contributed by atoms with Crippen LogP contribution in [0.15, 0.2) is 35.5 Å². The zero-order chi connectivity index (χ0) is 42.7. The van der Waals surface area contributed by atoms with Crippen LogP contribution in [0, 0.1) is 50.7 Å². The summed E-state index contributed by atoms with van der Waals surface area (Å²) in [4.78, 5) is 29.3. The van der Waals surface area contributed by atoms with Gasteiger partial charge in [0.05, 0.1) is 23.7 Å². The summed E-state index contributed by atoms with van der Waals surface area (Å²) in [6.07, 6.45) is 16.2. The van der Waals surface area contributed by atoms with Crippen LogP contribution < -0.4 is 5.32 Å². The highest BCUT2D eigenvalue weighted by Gasteiger charge is 2.67. The van der Waals surface area contributed by atoms with Gasteiger partial charge in [0.2, 0.25) is 0 Å². The molecule has 9 heteroatoms. The number of ether oxygens (including phenoxy) is 2. The fourth-order valence-corrected chi connectivity index (χ4v) is 15.6. The highest BCUT2D eigenvalue weighted by Crippen LogP contribution is 2.73. The molecule has 0 bridgehead atoms. The van der Waals surface area contributed by atoms with Crippen molar-refractivity contribution in [1.29, 1.82) is 0 Å². The quantitative estimate of drug-likeness (QED) is 0.118. The van der Waals surface area contributed by atoms with E-state index < -0.39 is 27.2 Å². The van der Waals surface area contributed by atoms with Crippen LogP contribution in [0.2, 0.25) is 0 Å². The molecule has 0 spiro atoms. The van der Waals surface area contributed by atoms with E-state index in [4.69, 9.17) is 9.47 Å². The predicted octanol–water partition coefficient (Wildman–Crippen LogP) is 9.64. The third-order valence-electron chi connectivity index (χ3n) is 17.4. The number of sulfone groups is 1. The third kappa shape index (κ3) is 8.09. The van der Waals surface area contributed by atoms with E-state index in [9.17, 15) is 18.0 Å². The minimum Gasteiger partial charge on any atom is -0.462 e. The molecular weight excluding hydrogens is 745 g/mol. The first-order valence-corrected chi connectivity index (χ1v) is 25.0. The molecule has 6 rings (SSSR count). The summed E-state index contributed by atoms with van der Waals surface area (Å²) in [7, 11) is -2.88. The van der Waals surface area contributed by atoms with Gasteiger partial charge in [0, 0.05) is 31.7 Å². The molecule has 0 aromatic heterocycles. The zero-order valence-corrected chi connectivity index (χ0v) is 39.2. The summed E-state index contributed by atoms with van der Waals surface area (Å²) in [5.41, 5.74) is 3.32. The monoisotopic (exact) mass is 825 g/mol. The molecule has 1 saturated heterocycles. The largest absolute Gasteiger partial charge is 0.462 e. The maximum Gasteiger partial charge on any atom is 0.324 e. The van der Waals surface area contributed by atoms with E-state index in [1.54, 1.807) is 0 Å². The lowest BCUT2D eigenvalue weighted by Gasteiger charge is -2.69. The lowest BCUT2D eigenvalue weighted by Crippen LogP contribution is -2.66. The molecule has 5 aliphatic carbocycles. The number of hydrogen-bond acceptors (Lipinski definition) is 8. The molecule has 4 fully saturated rings. The van der Waals surface area contributed by atoms with Gasteiger partial charge < -0.3 is 19.7 Å². The van der Waals surface area contributed by atoms with Crippen LogP contribution in [-0.4, -0.2) is 80.7 Å². The molecular formula is C49H80N2O6S. The zero-order valence-electron chi connectivity index (χ0n) is 38.4. The predicted molar refractivity (Wildman–Crippen MR) is 235 cm³/mol. The topological polar surface area (TPSA) is 102 Å². The number of fused-ring (bicyclic) bond motifs is 3. The van der Waals surface area contributed by atoms with Gasteiger partial charge in [-0.1, -0.05) is 65.8 Å². The lowest BCUT2D eigenvalue weighted by atomic mass is 9.37. The normalized spacial score (nSPS) is 38.3.